The van der Waals surface area contributed by atoms with Crippen molar-refractivity contribution in [3.05, 3.63) is 26.5 Å². The molecule has 0 aliphatic carbocycles. The second kappa shape index (κ2) is 4.02. The Kier molecular flexibility index (Phi) is 2.92. The molecule has 1 aromatic heterocycles. The molecule has 1 aromatic carbocycles. The number of aryl methyl sites for hydroxylation is 1. The monoisotopic (exact) mass is 318 g/mol. The van der Waals surface area contributed by atoms with Gasteiger partial charge < -0.3 is 9.55 Å². The molecule has 2 nitrogen and oxygen atoms in total. The highest BCUT2D eigenvalue weighted by Gasteiger charge is 2.02. The number of benzene rings is 1. The summed E-state index contributed by atoms with van der Waals surface area (Å²) in [5.74, 6) is 0. The summed E-state index contributed by atoms with van der Waals surface area (Å²) < 4.78 is 4.21. The Labute approximate surface area is 101 Å². The van der Waals surface area contributed by atoms with Crippen LogP contribution in [0.25, 0.3) is 11.0 Å². The lowest BCUT2D eigenvalue weighted by molar-refractivity contribution is 0.688. The molecule has 0 spiro atoms. The van der Waals surface area contributed by atoms with Gasteiger partial charge >= 0.3 is 0 Å². The van der Waals surface area contributed by atoms with Crippen LogP contribution < -0.4 is 0 Å². The van der Waals surface area contributed by atoms with Crippen molar-refractivity contribution in [3.63, 3.8) is 0 Å². The van der Waals surface area contributed by atoms with Gasteiger partial charge in [0.2, 0.25) is 0 Å². The molecule has 14 heavy (non-hydrogen) atoms. The van der Waals surface area contributed by atoms with E-state index in [-0.39, 0.29) is 0 Å². The Hall–Kier alpha value is -0.360. The lowest BCUT2D eigenvalue weighted by Gasteiger charge is -2.00. The van der Waals surface area contributed by atoms with Crippen LogP contribution >= 0.6 is 34.8 Å². The van der Waals surface area contributed by atoms with Gasteiger partial charge in [-0.2, -0.15) is 0 Å². The minimum atomic E-state index is 0.823. The zero-order valence-electron chi connectivity index (χ0n) is 7.88. The number of aromatic amines is 1. The molecule has 4 heteroatoms. The number of hydrogen-bond donors (Lipinski definition) is 1. The molecule has 0 atom stereocenters. The molecule has 0 amide bonds. The van der Waals surface area contributed by atoms with Crippen LogP contribution in [0.3, 0.4) is 0 Å². The van der Waals surface area contributed by atoms with E-state index in [1.54, 1.807) is 0 Å². The van der Waals surface area contributed by atoms with Gasteiger partial charge in [0.25, 0.3) is 0 Å². The van der Waals surface area contributed by atoms with Gasteiger partial charge in [0.1, 0.15) is 0 Å². The summed E-state index contributed by atoms with van der Waals surface area (Å²) in [5, 5.41) is 0. The second-order valence-corrected chi connectivity index (χ2v) is 4.88. The largest absolute Gasteiger partial charge is 0.331 e. The highest BCUT2D eigenvalue weighted by molar-refractivity contribution is 14.1. The quantitative estimate of drug-likeness (QED) is 0.661. The second-order valence-electron chi connectivity index (χ2n) is 3.24. The van der Waals surface area contributed by atoms with Gasteiger partial charge in [-0.25, -0.2) is 0 Å². The van der Waals surface area contributed by atoms with Gasteiger partial charge in [-0.1, -0.05) is 6.92 Å². The minimum absolute atomic E-state index is 0.823. The number of nitrogens with zero attached hydrogens (tertiary/aromatic N) is 1. The summed E-state index contributed by atoms with van der Waals surface area (Å²) in [6.07, 6.45) is 1.10. The Morgan fingerprint density at radius 1 is 1.50 bits per heavy atom. The molecule has 0 unspecified atom stereocenters. The van der Waals surface area contributed by atoms with E-state index in [0.717, 1.165) is 23.3 Å². The summed E-state index contributed by atoms with van der Waals surface area (Å²) in [6.45, 7) is 3.15. The number of hydrogen-bond acceptors (Lipinski definition) is 1. The van der Waals surface area contributed by atoms with Gasteiger partial charge in [0.15, 0.2) is 4.77 Å². The van der Waals surface area contributed by atoms with E-state index in [2.05, 4.69) is 57.3 Å². The number of aromatic nitrogens is 2. The minimum Gasteiger partial charge on any atom is -0.331 e. The van der Waals surface area contributed by atoms with Gasteiger partial charge in [-0.05, 0) is 59.4 Å². The molecule has 74 valence electrons. The van der Waals surface area contributed by atoms with Crippen molar-refractivity contribution in [1.82, 2.24) is 9.55 Å². The van der Waals surface area contributed by atoms with E-state index in [1.165, 1.54) is 9.09 Å². The van der Waals surface area contributed by atoms with E-state index >= 15 is 0 Å². The molecule has 0 radical (unpaired) electrons. The van der Waals surface area contributed by atoms with Crippen molar-refractivity contribution < 1.29 is 0 Å². The number of fused-ring (bicyclic) bond motifs is 1. The maximum Gasteiger partial charge on any atom is 0.178 e. The first-order chi connectivity index (χ1) is 6.72. The first-order valence-electron chi connectivity index (χ1n) is 4.60. The van der Waals surface area contributed by atoms with Crippen molar-refractivity contribution >= 4 is 45.8 Å². The average molecular weight is 318 g/mol. The van der Waals surface area contributed by atoms with Gasteiger partial charge in [-0.15, -0.1) is 0 Å². The topological polar surface area (TPSA) is 20.7 Å². The molecule has 2 rings (SSSR count). The molecule has 0 saturated carbocycles. The first kappa shape index (κ1) is 10.2. The molecular weight excluding hydrogens is 307 g/mol. The van der Waals surface area contributed by atoms with Crippen LogP contribution in [0.1, 0.15) is 13.3 Å². The molecule has 0 bridgehead atoms. The number of nitrogens with one attached hydrogen (secondary N) is 1. The number of halogens is 1. The van der Waals surface area contributed by atoms with Gasteiger partial charge in [0.05, 0.1) is 11.0 Å². The van der Waals surface area contributed by atoms with Gasteiger partial charge in [0, 0.05) is 10.1 Å². The molecule has 0 aliphatic heterocycles. The van der Waals surface area contributed by atoms with Gasteiger partial charge in [-0.3, -0.25) is 0 Å². The summed E-state index contributed by atoms with van der Waals surface area (Å²) >= 11 is 7.57. The van der Waals surface area contributed by atoms with Crippen molar-refractivity contribution in [3.8, 4) is 0 Å². The maximum atomic E-state index is 5.27. The number of rotatable bonds is 2. The van der Waals surface area contributed by atoms with Crippen LogP contribution in [0.5, 0.6) is 0 Å². The summed E-state index contributed by atoms with van der Waals surface area (Å²) in [7, 11) is 0. The Morgan fingerprint density at radius 3 is 3.00 bits per heavy atom. The maximum absolute atomic E-state index is 5.27. The molecule has 0 saturated heterocycles. The zero-order chi connectivity index (χ0) is 10.1. The van der Waals surface area contributed by atoms with Crippen LogP contribution in [0, 0.1) is 8.34 Å². The molecule has 0 fully saturated rings. The summed E-state index contributed by atoms with van der Waals surface area (Å²) in [5.41, 5.74) is 2.34. The van der Waals surface area contributed by atoms with E-state index in [0.29, 0.717) is 0 Å². The van der Waals surface area contributed by atoms with Crippen molar-refractivity contribution in [1.29, 1.82) is 0 Å². The van der Waals surface area contributed by atoms with Crippen LogP contribution in [-0.4, -0.2) is 9.55 Å². The predicted octanol–water partition coefficient (Wildman–Crippen LogP) is 3.71. The Balaban J connectivity index is 2.71. The van der Waals surface area contributed by atoms with E-state index in [4.69, 9.17) is 12.2 Å². The fourth-order valence-corrected chi connectivity index (χ4v) is 2.37. The molecule has 1 N–H and O–H groups in total. The Bertz CT molecular complexity index is 512. The third kappa shape index (κ3) is 1.72. The predicted molar refractivity (Wildman–Crippen MR) is 70.1 cm³/mol. The summed E-state index contributed by atoms with van der Waals surface area (Å²) in [4.78, 5) is 3.23. The van der Waals surface area contributed by atoms with Crippen LogP contribution in [0.15, 0.2) is 18.2 Å². The van der Waals surface area contributed by atoms with Crippen LogP contribution in [0.2, 0.25) is 0 Å². The number of H-pyrrole nitrogens is 1. The zero-order valence-corrected chi connectivity index (χ0v) is 10.9. The van der Waals surface area contributed by atoms with Crippen molar-refractivity contribution in [2.75, 3.05) is 0 Å². The Morgan fingerprint density at radius 2 is 2.29 bits per heavy atom. The van der Waals surface area contributed by atoms with E-state index in [9.17, 15) is 0 Å². The average Bonchev–Trinajstić information content (AvgIpc) is 2.43. The third-order valence-corrected chi connectivity index (χ3v) is 3.18. The standard InChI is InChI=1S/C10H11IN2S/c1-2-5-13-9-4-3-7(11)6-8(9)12-10(13)14/h3-4,6H,2,5H2,1H3,(H,12,14). The fourth-order valence-electron chi connectivity index (χ4n) is 1.58. The lowest BCUT2D eigenvalue weighted by Crippen LogP contribution is -1.95. The molecule has 1 heterocycles. The number of imidazole rings is 1. The van der Waals surface area contributed by atoms with Crippen LogP contribution in [-0.2, 0) is 6.54 Å². The highest BCUT2D eigenvalue weighted by Crippen LogP contribution is 2.17. The first-order valence-corrected chi connectivity index (χ1v) is 6.09. The lowest BCUT2D eigenvalue weighted by atomic mass is 10.3. The molecular formula is C10H11IN2S. The summed E-state index contributed by atoms with van der Waals surface area (Å²) in [6, 6.07) is 6.36. The van der Waals surface area contributed by atoms with Crippen molar-refractivity contribution in [2.24, 2.45) is 0 Å². The smallest absolute Gasteiger partial charge is 0.178 e. The highest BCUT2D eigenvalue weighted by atomic mass is 127. The molecule has 2 aromatic rings. The fraction of sp³-hybridized carbons (Fsp3) is 0.300. The third-order valence-electron chi connectivity index (χ3n) is 2.18. The molecule has 0 aliphatic rings. The normalized spacial score (nSPS) is 11.0. The van der Waals surface area contributed by atoms with E-state index in [1.807, 2.05) is 0 Å². The van der Waals surface area contributed by atoms with Crippen LogP contribution in [0.4, 0.5) is 0 Å². The SMILES string of the molecule is CCCn1c(=S)[nH]c2cc(I)ccc21. The van der Waals surface area contributed by atoms with Crippen molar-refractivity contribution in [2.45, 2.75) is 19.9 Å². The van der Waals surface area contributed by atoms with E-state index < -0.39 is 0 Å².